The molecule has 0 saturated carbocycles. The number of furan rings is 1. The maximum Gasteiger partial charge on any atom is 0.293 e. The molecule has 2 aliphatic heterocycles. The lowest BCUT2D eigenvalue weighted by Crippen LogP contribution is -2.35. The summed E-state index contributed by atoms with van der Waals surface area (Å²) >= 11 is 7.05. The predicted molar refractivity (Wildman–Crippen MR) is 105 cm³/mol. The van der Waals surface area contributed by atoms with Crippen molar-refractivity contribution in [2.75, 3.05) is 31.2 Å². The first-order chi connectivity index (χ1) is 13.1. The summed E-state index contributed by atoms with van der Waals surface area (Å²) in [6.07, 6.45) is 1.61. The SMILES string of the molecule is O=C1S/C(=C\c2ccc(N3CCOCC3)o2)C(=O)N1Cc1ccccc1Cl. The van der Waals surface area contributed by atoms with Gasteiger partial charge in [-0.15, -0.1) is 0 Å². The average Bonchev–Trinajstić information content (AvgIpc) is 3.25. The van der Waals surface area contributed by atoms with Gasteiger partial charge in [0.25, 0.3) is 11.1 Å². The zero-order valence-corrected chi connectivity index (χ0v) is 16.0. The summed E-state index contributed by atoms with van der Waals surface area (Å²) in [5.41, 5.74) is 0.732. The first kappa shape index (κ1) is 18.2. The number of imide groups is 1. The summed E-state index contributed by atoms with van der Waals surface area (Å²) in [6.45, 7) is 3.01. The molecule has 0 radical (unpaired) electrons. The maximum absolute atomic E-state index is 12.6. The van der Waals surface area contributed by atoms with Crippen LogP contribution in [-0.2, 0) is 16.1 Å². The van der Waals surface area contributed by atoms with Gasteiger partial charge < -0.3 is 14.1 Å². The Morgan fingerprint density at radius 2 is 1.89 bits per heavy atom. The van der Waals surface area contributed by atoms with Crippen molar-refractivity contribution < 1.29 is 18.7 Å². The van der Waals surface area contributed by atoms with Crippen molar-refractivity contribution >= 4 is 46.5 Å². The minimum absolute atomic E-state index is 0.152. The quantitative estimate of drug-likeness (QED) is 0.717. The molecule has 4 rings (SSSR count). The highest BCUT2D eigenvalue weighted by Gasteiger charge is 2.35. The van der Waals surface area contributed by atoms with Crippen LogP contribution in [0.1, 0.15) is 11.3 Å². The van der Waals surface area contributed by atoms with Gasteiger partial charge in [0, 0.05) is 30.3 Å². The third kappa shape index (κ3) is 3.90. The number of amides is 2. The van der Waals surface area contributed by atoms with E-state index in [0.29, 0.717) is 28.9 Å². The molecule has 0 atom stereocenters. The molecule has 0 aliphatic carbocycles. The smallest absolute Gasteiger partial charge is 0.293 e. The van der Waals surface area contributed by atoms with Crippen LogP contribution in [0.2, 0.25) is 5.02 Å². The molecular weight excluding hydrogens is 388 g/mol. The lowest BCUT2D eigenvalue weighted by atomic mass is 10.2. The number of morpholine rings is 1. The number of hydrogen-bond acceptors (Lipinski definition) is 6. The van der Waals surface area contributed by atoms with Gasteiger partial charge in [-0.3, -0.25) is 14.5 Å². The maximum atomic E-state index is 12.6. The third-order valence-corrected chi connectivity index (χ3v) is 5.64. The van der Waals surface area contributed by atoms with Crippen LogP contribution in [0.25, 0.3) is 6.08 Å². The number of hydrogen-bond donors (Lipinski definition) is 0. The minimum atomic E-state index is -0.339. The van der Waals surface area contributed by atoms with Crippen LogP contribution in [0.5, 0.6) is 0 Å². The predicted octanol–water partition coefficient (Wildman–Crippen LogP) is 4.01. The second kappa shape index (κ2) is 7.80. The van der Waals surface area contributed by atoms with Crippen LogP contribution in [0.3, 0.4) is 0 Å². The number of anilines is 1. The van der Waals surface area contributed by atoms with Gasteiger partial charge in [-0.1, -0.05) is 29.8 Å². The number of rotatable bonds is 4. The highest BCUT2D eigenvalue weighted by atomic mass is 35.5. The number of carbonyl (C=O) groups is 2. The van der Waals surface area contributed by atoms with Gasteiger partial charge in [0.15, 0.2) is 5.88 Å². The zero-order valence-electron chi connectivity index (χ0n) is 14.4. The van der Waals surface area contributed by atoms with Crippen LogP contribution in [0, 0.1) is 0 Å². The largest absolute Gasteiger partial charge is 0.441 e. The fourth-order valence-corrected chi connectivity index (χ4v) is 3.95. The molecule has 2 saturated heterocycles. The molecule has 0 spiro atoms. The van der Waals surface area contributed by atoms with E-state index >= 15 is 0 Å². The molecule has 0 N–H and O–H groups in total. The molecule has 6 nitrogen and oxygen atoms in total. The van der Waals surface area contributed by atoms with Gasteiger partial charge in [-0.05, 0) is 29.5 Å². The van der Waals surface area contributed by atoms with Crippen LogP contribution in [0.4, 0.5) is 10.7 Å². The van der Waals surface area contributed by atoms with E-state index in [1.165, 1.54) is 4.90 Å². The van der Waals surface area contributed by atoms with Crippen LogP contribution >= 0.6 is 23.4 Å². The molecule has 3 heterocycles. The van der Waals surface area contributed by atoms with Gasteiger partial charge in [0.05, 0.1) is 24.7 Å². The van der Waals surface area contributed by atoms with Crippen LogP contribution in [0.15, 0.2) is 45.7 Å². The Kier molecular flexibility index (Phi) is 5.24. The molecule has 2 aliphatic rings. The summed E-state index contributed by atoms with van der Waals surface area (Å²) in [5, 5.41) is 0.216. The molecule has 1 aromatic carbocycles. The van der Waals surface area contributed by atoms with E-state index in [4.69, 9.17) is 20.8 Å². The van der Waals surface area contributed by atoms with E-state index < -0.39 is 0 Å². The lowest BCUT2D eigenvalue weighted by Gasteiger charge is -2.26. The minimum Gasteiger partial charge on any atom is -0.441 e. The number of thioether (sulfide) groups is 1. The van der Waals surface area contributed by atoms with Gasteiger partial charge >= 0.3 is 0 Å². The van der Waals surface area contributed by atoms with Gasteiger partial charge in [-0.2, -0.15) is 0 Å². The van der Waals surface area contributed by atoms with Crippen molar-refractivity contribution in [3.63, 3.8) is 0 Å². The van der Waals surface area contributed by atoms with Crippen molar-refractivity contribution in [1.29, 1.82) is 0 Å². The number of halogens is 1. The number of ether oxygens (including phenoxy) is 1. The van der Waals surface area contributed by atoms with Gasteiger partial charge in [0.1, 0.15) is 5.76 Å². The molecule has 2 aromatic rings. The molecule has 27 heavy (non-hydrogen) atoms. The van der Waals surface area contributed by atoms with Crippen molar-refractivity contribution in [3.05, 3.63) is 57.6 Å². The highest BCUT2D eigenvalue weighted by molar-refractivity contribution is 8.18. The second-order valence-corrected chi connectivity index (χ2v) is 7.54. The first-order valence-corrected chi connectivity index (χ1v) is 9.72. The van der Waals surface area contributed by atoms with E-state index in [2.05, 4.69) is 4.90 Å². The Labute approximate surface area is 165 Å². The van der Waals surface area contributed by atoms with Crippen LogP contribution in [-0.4, -0.2) is 42.3 Å². The zero-order chi connectivity index (χ0) is 18.8. The summed E-state index contributed by atoms with van der Waals surface area (Å²) in [7, 11) is 0. The Balaban J connectivity index is 1.50. The third-order valence-electron chi connectivity index (χ3n) is 4.37. The van der Waals surface area contributed by atoms with E-state index in [1.807, 2.05) is 18.2 Å². The Bertz CT molecular complexity index is 905. The highest BCUT2D eigenvalue weighted by Crippen LogP contribution is 2.34. The molecule has 0 bridgehead atoms. The number of carbonyl (C=O) groups excluding carboxylic acids is 2. The topological polar surface area (TPSA) is 63.0 Å². The Hall–Kier alpha value is -2.22. The molecular formula is C19H17ClN2O4S. The van der Waals surface area contributed by atoms with Crippen molar-refractivity contribution in [2.45, 2.75) is 6.54 Å². The molecule has 2 amide bonds. The van der Waals surface area contributed by atoms with Crippen LogP contribution < -0.4 is 4.90 Å². The van der Waals surface area contributed by atoms with E-state index in [0.717, 1.165) is 36.3 Å². The summed E-state index contributed by atoms with van der Waals surface area (Å²) in [6, 6.07) is 10.8. The summed E-state index contributed by atoms with van der Waals surface area (Å²) < 4.78 is 11.2. The monoisotopic (exact) mass is 404 g/mol. The molecule has 1 aromatic heterocycles. The van der Waals surface area contributed by atoms with Gasteiger partial charge in [0.2, 0.25) is 0 Å². The van der Waals surface area contributed by atoms with E-state index in [-0.39, 0.29) is 17.7 Å². The average molecular weight is 405 g/mol. The fraction of sp³-hybridized carbons (Fsp3) is 0.263. The molecule has 8 heteroatoms. The summed E-state index contributed by atoms with van der Waals surface area (Å²) in [5.74, 6) is 0.939. The Morgan fingerprint density at radius 3 is 2.67 bits per heavy atom. The number of nitrogens with zero attached hydrogens (tertiary/aromatic N) is 2. The second-order valence-electron chi connectivity index (χ2n) is 6.13. The Morgan fingerprint density at radius 1 is 1.11 bits per heavy atom. The first-order valence-electron chi connectivity index (χ1n) is 8.53. The van der Waals surface area contributed by atoms with Gasteiger partial charge in [-0.25, -0.2) is 0 Å². The normalized spacial score (nSPS) is 19.4. The van der Waals surface area contributed by atoms with Crippen molar-refractivity contribution in [2.24, 2.45) is 0 Å². The van der Waals surface area contributed by atoms with E-state index in [9.17, 15) is 9.59 Å². The van der Waals surface area contributed by atoms with E-state index in [1.54, 1.807) is 24.3 Å². The van der Waals surface area contributed by atoms with Crippen molar-refractivity contribution in [1.82, 2.24) is 4.90 Å². The molecule has 140 valence electrons. The fourth-order valence-electron chi connectivity index (χ4n) is 2.94. The van der Waals surface area contributed by atoms with Crippen molar-refractivity contribution in [3.8, 4) is 0 Å². The standard InChI is InChI=1S/C19H17ClN2O4S/c20-15-4-2-1-3-13(15)12-22-18(23)16(27-19(22)24)11-14-5-6-17(26-14)21-7-9-25-10-8-21/h1-6,11H,7-10,12H2/b16-11-. The lowest BCUT2D eigenvalue weighted by molar-refractivity contribution is -0.123. The summed E-state index contributed by atoms with van der Waals surface area (Å²) in [4.78, 5) is 28.6. The molecule has 0 unspecified atom stereocenters. The number of benzene rings is 1. The molecule has 2 fully saturated rings.